The first-order valence-electron chi connectivity index (χ1n) is 7.70. The van der Waals surface area contributed by atoms with Crippen LogP contribution >= 0.6 is 0 Å². The minimum absolute atomic E-state index is 0.360. The van der Waals surface area contributed by atoms with E-state index in [1.807, 2.05) is 12.1 Å². The van der Waals surface area contributed by atoms with E-state index >= 15 is 0 Å². The van der Waals surface area contributed by atoms with Crippen LogP contribution in [-0.2, 0) is 9.47 Å². The van der Waals surface area contributed by atoms with Crippen molar-refractivity contribution in [1.82, 2.24) is 0 Å². The van der Waals surface area contributed by atoms with Gasteiger partial charge in [0.25, 0.3) is 0 Å². The third-order valence-corrected chi connectivity index (χ3v) is 5.13. The van der Waals surface area contributed by atoms with Gasteiger partial charge in [-0.3, -0.25) is 5.41 Å². The molecule has 0 spiro atoms. The Labute approximate surface area is 140 Å². The predicted octanol–water partition coefficient (Wildman–Crippen LogP) is 2.85. The second-order valence-corrected chi connectivity index (χ2v) is 6.26. The second-order valence-electron chi connectivity index (χ2n) is 6.26. The number of fused-ring (bicyclic) bond motifs is 3. The monoisotopic (exact) mass is 320 g/mol. The largest absolute Gasteiger partial charge is 0.447 e. The average molecular weight is 320 g/mol. The van der Waals surface area contributed by atoms with Crippen molar-refractivity contribution in [3.63, 3.8) is 0 Å². The van der Waals surface area contributed by atoms with E-state index in [1.54, 1.807) is 38.1 Å². The molecule has 3 fully saturated rings. The van der Waals surface area contributed by atoms with Gasteiger partial charge in [-0.2, -0.15) is 15.8 Å². The van der Waals surface area contributed by atoms with Gasteiger partial charge in [0, 0.05) is 6.92 Å². The summed E-state index contributed by atoms with van der Waals surface area (Å²) in [6, 6.07) is 15.2. The third-order valence-electron chi connectivity index (χ3n) is 5.13. The molecule has 0 amide bonds. The quantitative estimate of drug-likeness (QED) is 0.900. The van der Waals surface area contributed by atoms with Gasteiger partial charge in [0.05, 0.1) is 30.2 Å². The van der Waals surface area contributed by atoms with E-state index in [9.17, 15) is 15.8 Å². The Morgan fingerprint density at radius 3 is 2.25 bits per heavy atom. The molecule has 0 aliphatic carbocycles. The number of ether oxygens (including phenoxy) is 2. The van der Waals surface area contributed by atoms with Gasteiger partial charge in [-0.15, -0.1) is 0 Å². The van der Waals surface area contributed by atoms with Gasteiger partial charge in [-0.1, -0.05) is 37.3 Å². The van der Waals surface area contributed by atoms with E-state index < -0.39 is 28.6 Å². The zero-order valence-electron chi connectivity index (χ0n) is 13.4. The number of benzene rings is 1. The SMILES string of the molecule is CC[C@H]1O[C@]2(C)OC(=N)[C@]1(C#N)C(C#N)(C#N)[C@H]2c1ccccc1. The molecule has 4 rings (SSSR count). The Kier molecular flexibility index (Phi) is 3.37. The van der Waals surface area contributed by atoms with Crippen LogP contribution in [-0.4, -0.2) is 17.8 Å². The lowest BCUT2D eigenvalue weighted by molar-refractivity contribution is -0.319. The molecule has 0 radical (unpaired) electrons. The molecule has 3 saturated heterocycles. The van der Waals surface area contributed by atoms with Crippen LogP contribution in [0.3, 0.4) is 0 Å². The van der Waals surface area contributed by atoms with Crippen LogP contribution in [0.2, 0.25) is 0 Å². The summed E-state index contributed by atoms with van der Waals surface area (Å²) in [4.78, 5) is 0. The van der Waals surface area contributed by atoms with E-state index in [-0.39, 0.29) is 5.90 Å². The molecule has 3 aliphatic heterocycles. The number of nitrogens with one attached hydrogen (secondary N) is 1. The number of rotatable bonds is 2. The standard InChI is InChI=1S/C18H16N4O2/c1-3-13-18(11-21)15(22)24-16(2,23-13)14(17(18,9-19)10-20)12-7-5-4-6-8-12/h4-8,13-14,22H,3H2,1-2H3/t13-,14+,16-,18-/m1/s1. The highest BCUT2D eigenvalue weighted by Gasteiger charge is 2.78. The third kappa shape index (κ3) is 1.58. The lowest BCUT2D eigenvalue weighted by atomic mass is 9.50. The minimum atomic E-state index is -1.77. The van der Waals surface area contributed by atoms with Gasteiger partial charge >= 0.3 is 0 Å². The van der Waals surface area contributed by atoms with E-state index in [2.05, 4.69) is 12.1 Å². The molecule has 2 bridgehead atoms. The number of nitrogens with zero attached hydrogens (tertiary/aromatic N) is 3. The molecule has 6 heteroatoms. The lowest BCUT2D eigenvalue weighted by Crippen LogP contribution is -2.73. The van der Waals surface area contributed by atoms with Crippen molar-refractivity contribution in [3.05, 3.63) is 35.9 Å². The highest BCUT2D eigenvalue weighted by Crippen LogP contribution is 2.65. The predicted molar refractivity (Wildman–Crippen MR) is 83.3 cm³/mol. The summed E-state index contributed by atoms with van der Waals surface area (Å²) >= 11 is 0. The van der Waals surface area contributed by atoms with Crippen LogP contribution in [0.15, 0.2) is 30.3 Å². The van der Waals surface area contributed by atoms with Crippen LogP contribution in [0.4, 0.5) is 0 Å². The van der Waals surface area contributed by atoms with E-state index in [4.69, 9.17) is 14.9 Å². The van der Waals surface area contributed by atoms with Crippen molar-refractivity contribution in [1.29, 1.82) is 21.2 Å². The second kappa shape index (κ2) is 5.06. The van der Waals surface area contributed by atoms with Crippen molar-refractivity contribution in [3.8, 4) is 18.2 Å². The maximum atomic E-state index is 10.0. The molecular weight excluding hydrogens is 304 g/mol. The lowest BCUT2D eigenvalue weighted by Gasteiger charge is -2.61. The van der Waals surface area contributed by atoms with Crippen LogP contribution in [0.25, 0.3) is 0 Å². The summed E-state index contributed by atoms with van der Waals surface area (Å²) in [6.45, 7) is 3.43. The van der Waals surface area contributed by atoms with Gasteiger partial charge in [-0.05, 0) is 12.0 Å². The maximum Gasteiger partial charge on any atom is 0.219 e. The summed E-state index contributed by atoms with van der Waals surface area (Å²) < 4.78 is 11.7. The first-order valence-corrected chi connectivity index (χ1v) is 7.70. The zero-order chi connectivity index (χ0) is 17.6. The highest BCUT2D eigenvalue weighted by molar-refractivity contribution is 5.89. The highest BCUT2D eigenvalue weighted by atomic mass is 16.7. The van der Waals surface area contributed by atoms with Crippen molar-refractivity contribution in [2.24, 2.45) is 10.8 Å². The molecule has 1 N–H and O–H groups in total. The molecule has 3 heterocycles. The maximum absolute atomic E-state index is 10.0. The van der Waals surface area contributed by atoms with E-state index in [0.29, 0.717) is 12.0 Å². The number of hydrogen-bond donors (Lipinski definition) is 1. The summed E-state index contributed by atoms with van der Waals surface area (Å²) in [5, 5.41) is 38.2. The smallest absolute Gasteiger partial charge is 0.219 e. The van der Waals surface area contributed by atoms with Crippen molar-refractivity contribution in [2.45, 2.75) is 38.1 Å². The molecule has 0 aromatic heterocycles. The molecule has 0 saturated carbocycles. The van der Waals surface area contributed by atoms with Gasteiger partial charge < -0.3 is 9.47 Å². The minimum Gasteiger partial charge on any atom is -0.447 e. The van der Waals surface area contributed by atoms with Crippen molar-refractivity contribution >= 4 is 5.90 Å². The Hall–Kier alpha value is -2.88. The van der Waals surface area contributed by atoms with Gasteiger partial charge in [0.15, 0.2) is 10.8 Å². The molecule has 6 nitrogen and oxygen atoms in total. The Bertz CT molecular complexity index is 802. The van der Waals surface area contributed by atoms with Crippen molar-refractivity contribution in [2.75, 3.05) is 0 Å². The normalized spacial score (nSPS) is 36.0. The molecular formula is C18H16N4O2. The Morgan fingerprint density at radius 1 is 1.12 bits per heavy atom. The molecule has 1 aromatic rings. The fourth-order valence-corrected chi connectivity index (χ4v) is 4.13. The molecule has 3 aliphatic rings. The molecule has 4 atom stereocenters. The number of hydrogen-bond acceptors (Lipinski definition) is 6. The summed E-state index contributed by atoms with van der Waals surface area (Å²) in [6.07, 6.45) is -0.366. The Morgan fingerprint density at radius 2 is 1.75 bits per heavy atom. The number of nitriles is 3. The van der Waals surface area contributed by atoms with Gasteiger partial charge in [-0.25, -0.2) is 0 Å². The van der Waals surface area contributed by atoms with E-state index in [0.717, 1.165) is 0 Å². The van der Waals surface area contributed by atoms with Crippen LogP contribution < -0.4 is 0 Å². The van der Waals surface area contributed by atoms with Gasteiger partial charge in [0.1, 0.15) is 0 Å². The topological polar surface area (TPSA) is 114 Å². The van der Waals surface area contributed by atoms with Crippen LogP contribution in [0.5, 0.6) is 0 Å². The van der Waals surface area contributed by atoms with Gasteiger partial charge in [0.2, 0.25) is 11.7 Å². The summed E-state index contributed by atoms with van der Waals surface area (Å²) in [5.74, 6) is -2.53. The summed E-state index contributed by atoms with van der Waals surface area (Å²) in [5.41, 5.74) is -2.86. The first-order chi connectivity index (χ1) is 11.5. The van der Waals surface area contributed by atoms with Crippen molar-refractivity contribution < 1.29 is 9.47 Å². The molecule has 1 aromatic carbocycles. The molecule has 120 valence electrons. The molecule has 0 unspecified atom stereocenters. The first kappa shape index (κ1) is 16.0. The fourth-order valence-electron chi connectivity index (χ4n) is 4.13. The van der Waals surface area contributed by atoms with Crippen LogP contribution in [0.1, 0.15) is 31.7 Å². The van der Waals surface area contributed by atoms with E-state index in [1.165, 1.54) is 0 Å². The fraction of sp³-hybridized carbons (Fsp3) is 0.444. The average Bonchev–Trinajstić information content (AvgIpc) is 2.60. The Balaban J connectivity index is 2.37. The van der Waals surface area contributed by atoms with Crippen LogP contribution in [0, 0.1) is 50.2 Å². The zero-order valence-corrected chi connectivity index (χ0v) is 13.4. The molecule has 24 heavy (non-hydrogen) atoms. The summed E-state index contributed by atoms with van der Waals surface area (Å²) in [7, 11) is 0.